The van der Waals surface area contributed by atoms with Crippen molar-refractivity contribution in [2.24, 2.45) is 0 Å². The first-order chi connectivity index (χ1) is 14.5. The number of hydrogen-bond acceptors (Lipinski definition) is 6. The minimum absolute atomic E-state index is 0.207. The number of esters is 2. The second-order valence-electron chi connectivity index (χ2n) is 6.28. The van der Waals surface area contributed by atoms with Crippen molar-refractivity contribution in [2.45, 2.75) is 26.4 Å². The van der Waals surface area contributed by atoms with Gasteiger partial charge < -0.3 is 19.5 Å². The van der Waals surface area contributed by atoms with Gasteiger partial charge in [-0.2, -0.15) is 0 Å². The van der Waals surface area contributed by atoms with Gasteiger partial charge in [0.15, 0.2) is 6.61 Å². The Labute approximate surface area is 174 Å². The SMILES string of the molecule is CCOC(=O)CCCNC(=O)COC(=O)c1cccc(OCc2ccc(F)cc2)c1. The smallest absolute Gasteiger partial charge is 0.338 e. The van der Waals surface area contributed by atoms with E-state index in [0.717, 1.165) is 5.56 Å². The fourth-order valence-corrected chi connectivity index (χ4v) is 2.42. The minimum Gasteiger partial charge on any atom is -0.489 e. The Hall–Kier alpha value is -3.42. The monoisotopic (exact) mass is 417 g/mol. The maximum Gasteiger partial charge on any atom is 0.338 e. The van der Waals surface area contributed by atoms with Gasteiger partial charge in [-0.1, -0.05) is 18.2 Å². The molecule has 0 fully saturated rings. The van der Waals surface area contributed by atoms with Crippen LogP contribution in [0.3, 0.4) is 0 Å². The molecule has 0 unspecified atom stereocenters. The maximum absolute atomic E-state index is 12.9. The van der Waals surface area contributed by atoms with Gasteiger partial charge in [-0.25, -0.2) is 9.18 Å². The third-order valence-electron chi connectivity index (χ3n) is 3.91. The molecule has 8 heteroatoms. The van der Waals surface area contributed by atoms with Crippen molar-refractivity contribution in [3.8, 4) is 5.75 Å². The van der Waals surface area contributed by atoms with Crippen molar-refractivity contribution in [3.63, 3.8) is 0 Å². The summed E-state index contributed by atoms with van der Waals surface area (Å²) in [6.07, 6.45) is 0.643. The van der Waals surface area contributed by atoms with Gasteiger partial charge in [0.05, 0.1) is 12.2 Å². The third-order valence-corrected chi connectivity index (χ3v) is 3.91. The minimum atomic E-state index is -0.663. The van der Waals surface area contributed by atoms with Gasteiger partial charge in [0.1, 0.15) is 18.2 Å². The highest BCUT2D eigenvalue weighted by Gasteiger charge is 2.11. The highest BCUT2D eigenvalue weighted by Crippen LogP contribution is 2.16. The highest BCUT2D eigenvalue weighted by atomic mass is 19.1. The Kier molecular flexibility index (Phi) is 9.30. The van der Waals surface area contributed by atoms with Crippen molar-refractivity contribution in [1.82, 2.24) is 5.32 Å². The van der Waals surface area contributed by atoms with E-state index in [0.29, 0.717) is 18.8 Å². The van der Waals surface area contributed by atoms with Crippen molar-refractivity contribution in [3.05, 3.63) is 65.5 Å². The fourth-order valence-electron chi connectivity index (χ4n) is 2.42. The van der Waals surface area contributed by atoms with E-state index in [1.165, 1.54) is 18.2 Å². The zero-order chi connectivity index (χ0) is 21.8. The molecule has 160 valence electrons. The van der Waals surface area contributed by atoms with Crippen LogP contribution in [-0.2, 0) is 25.7 Å². The number of rotatable bonds is 11. The first-order valence-corrected chi connectivity index (χ1v) is 9.54. The lowest BCUT2D eigenvalue weighted by molar-refractivity contribution is -0.143. The highest BCUT2D eigenvalue weighted by molar-refractivity contribution is 5.91. The summed E-state index contributed by atoms with van der Waals surface area (Å²) >= 11 is 0. The summed E-state index contributed by atoms with van der Waals surface area (Å²) in [5, 5.41) is 2.57. The van der Waals surface area contributed by atoms with Crippen LogP contribution in [0.2, 0.25) is 0 Å². The number of carbonyl (C=O) groups is 3. The lowest BCUT2D eigenvalue weighted by atomic mass is 10.2. The zero-order valence-electron chi connectivity index (χ0n) is 16.7. The molecule has 0 aliphatic heterocycles. The number of benzene rings is 2. The third kappa shape index (κ3) is 8.30. The number of amides is 1. The molecule has 2 aromatic rings. The lowest BCUT2D eigenvalue weighted by Crippen LogP contribution is -2.30. The molecule has 0 atom stereocenters. The van der Waals surface area contributed by atoms with Crippen LogP contribution >= 0.6 is 0 Å². The Balaban J connectivity index is 1.73. The van der Waals surface area contributed by atoms with E-state index >= 15 is 0 Å². The number of halogens is 1. The molecule has 0 heterocycles. The molecule has 2 aromatic carbocycles. The first kappa shape index (κ1) is 22.9. The molecule has 1 amide bonds. The van der Waals surface area contributed by atoms with E-state index in [-0.39, 0.29) is 36.9 Å². The molecule has 0 aromatic heterocycles. The average Bonchev–Trinajstić information content (AvgIpc) is 2.75. The van der Waals surface area contributed by atoms with E-state index in [4.69, 9.17) is 14.2 Å². The summed E-state index contributed by atoms with van der Waals surface area (Å²) in [4.78, 5) is 35.1. The molecule has 30 heavy (non-hydrogen) atoms. The predicted molar refractivity (Wildman–Crippen MR) is 106 cm³/mol. The molecule has 0 saturated carbocycles. The topological polar surface area (TPSA) is 90.9 Å². The summed E-state index contributed by atoms with van der Waals surface area (Å²) in [5.41, 5.74) is 1.02. The first-order valence-electron chi connectivity index (χ1n) is 9.54. The average molecular weight is 417 g/mol. The summed E-state index contributed by atoms with van der Waals surface area (Å²) in [6, 6.07) is 12.3. The van der Waals surface area contributed by atoms with Gasteiger partial charge in [-0.15, -0.1) is 0 Å². The standard InChI is InChI=1S/C22H24FNO6/c1-2-28-21(26)7-4-12-24-20(25)15-30-22(27)17-5-3-6-19(13-17)29-14-16-8-10-18(23)11-9-16/h3,5-6,8-11,13H,2,4,7,12,14-15H2,1H3,(H,24,25). The number of ether oxygens (including phenoxy) is 3. The van der Waals surface area contributed by atoms with Crippen LogP contribution in [0.1, 0.15) is 35.7 Å². The number of nitrogens with one attached hydrogen (secondary N) is 1. The summed E-state index contributed by atoms with van der Waals surface area (Å²) < 4.78 is 28.3. The molecule has 0 saturated heterocycles. The summed E-state index contributed by atoms with van der Waals surface area (Å²) in [7, 11) is 0. The van der Waals surface area contributed by atoms with Gasteiger partial charge in [0.25, 0.3) is 5.91 Å². The largest absolute Gasteiger partial charge is 0.489 e. The Morgan fingerprint density at radius 3 is 2.53 bits per heavy atom. The van der Waals surface area contributed by atoms with Crippen molar-refractivity contribution in [2.75, 3.05) is 19.8 Å². The van der Waals surface area contributed by atoms with Gasteiger partial charge in [0.2, 0.25) is 0 Å². The van der Waals surface area contributed by atoms with E-state index in [1.54, 1.807) is 37.3 Å². The van der Waals surface area contributed by atoms with Crippen molar-refractivity contribution in [1.29, 1.82) is 0 Å². The Morgan fingerprint density at radius 2 is 1.80 bits per heavy atom. The van der Waals surface area contributed by atoms with Crippen LogP contribution < -0.4 is 10.1 Å². The zero-order valence-corrected chi connectivity index (χ0v) is 16.7. The van der Waals surface area contributed by atoms with Gasteiger partial charge >= 0.3 is 11.9 Å². The van der Waals surface area contributed by atoms with Crippen LogP contribution in [0, 0.1) is 5.82 Å². The van der Waals surface area contributed by atoms with Gasteiger partial charge in [-0.3, -0.25) is 9.59 Å². The fraction of sp³-hybridized carbons (Fsp3) is 0.318. The summed E-state index contributed by atoms with van der Waals surface area (Å²) in [6.45, 7) is 2.11. The second-order valence-corrected chi connectivity index (χ2v) is 6.28. The molecule has 1 N–H and O–H groups in total. The molecule has 0 spiro atoms. The molecule has 0 bridgehead atoms. The molecule has 0 aliphatic carbocycles. The van der Waals surface area contributed by atoms with Crippen LogP contribution in [0.25, 0.3) is 0 Å². The van der Waals surface area contributed by atoms with Crippen LogP contribution in [0.4, 0.5) is 4.39 Å². The van der Waals surface area contributed by atoms with E-state index in [2.05, 4.69) is 5.32 Å². The predicted octanol–water partition coefficient (Wildman–Crippen LogP) is 3.02. The molecule has 2 rings (SSSR count). The number of hydrogen-bond donors (Lipinski definition) is 1. The number of carbonyl (C=O) groups excluding carboxylic acids is 3. The summed E-state index contributed by atoms with van der Waals surface area (Å²) in [5.74, 6) is -1.33. The van der Waals surface area contributed by atoms with Crippen LogP contribution in [0.15, 0.2) is 48.5 Å². The molecule has 0 radical (unpaired) electrons. The van der Waals surface area contributed by atoms with Crippen LogP contribution in [-0.4, -0.2) is 37.6 Å². The molecule has 0 aliphatic rings. The Bertz CT molecular complexity index is 853. The van der Waals surface area contributed by atoms with Crippen molar-refractivity contribution < 1.29 is 33.0 Å². The molecule has 7 nitrogen and oxygen atoms in total. The van der Waals surface area contributed by atoms with E-state index in [9.17, 15) is 18.8 Å². The molecular formula is C22H24FNO6. The van der Waals surface area contributed by atoms with Crippen LogP contribution in [0.5, 0.6) is 5.75 Å². The normalized spacial score (nSPS) is 10.2. The maximum atomic E-state index is 12.9. The quantitative estimate of drug-likeness (QED) is 0.446. The Morgan fingerprint density at radius 1 is 1.03 bits per heavy atom. The second kappa shape index (κ2) is 12.2. The molecular weight excluding hydrogens is 393 g/mol. The van der Waals surface area contributed by atoms with Gasteiger partial charge in [-0.05, 0) is 49.2 Å². The van der Waals surface area contributed by atoms with Crippen molar-refractivity contribution >= 4 is 17.8 Å². The van der Waals surface area contributed by atoms with E-state index in [1.807, 2.05) is 0 Å². The lowest BCUT2D eigenvalue weighted by Gasteiger charge is -2.09. The van der Waals surface area contributed by atoms with E-state index < -0.39 is 18.5 Å². The van der Waals surface area contributed by atoms with Gasteiger partial charge in [0, 0.05) is 13.0 Å².